The van der Waals surface area contributed by atoms with E-state index < -0.39 is 5.60 Å². The van der Waals surface area contributed by atoms with Crippen LogP contribution in [0.15, 0.2) is 34.8 Å². The molecule has 1 saturated heterocycles. The van der Waals surface area contributed by atoms with Crippen LogP contribution in [0, 0.1) is 0 Å². The zero-order valence-electron chi connectivity index (χ0n) is 13.2. The second-order valence-electron chi connectivity index (χ2n) is 6.53. The topological polar surface area (TPSA) is 70.4 Å². The number of nitrogens with zero attached hydrogens (tertiary/aromatic N) is 3. The Morgan fingerprint density at radius 3 is 2.88 bits per heavy atom. The number of nitrogens with one attached hydrogen (secondary N) is 1. The first-order chi connectivity index (χ1) is 11.5. The van der Waals surface area contributed by atoms with Crippen LogP contribution in [0.5, 0.6) is 0 Å². The monoisotopic (exact) mass is 390 g/mol. The van der Waals surface area contributed by atoms with Gasteiger partial charge in [0.25, 0.3) is 0 Å². The quantitative estimate of drug-likeness (QED) is 0.827. The van der Waals surface area contributed by atoms with Crippen LogP contribution < -0.4 is 5.32 Å². The molecule has 1 aromatic carbocycles. The van der Waals surface area contributed by atoms with Gasteiger partial charge in [-0.15, -0.1) is 0 Å². The van der Waals surface area contributed by atoms with E-state index in [0.717, 1.165) is 29.4 Å². The summed E-state index contributed by atoms with van der Waals surface area (Å²) in [5.74, 6) is 0.592. The molecule has 0 atom stereocenters. The number of β-amino-alcohol motifs (C(OH)–C–C–N with tert-alkyl or cyclic N) is 1. The molecule has 2 N–H and O–H groups in total. The van der Waals surface area contributed by atoms with E-state index in [2.05, 4.69) is 26.3 Å². The van der Waals surface area contributed by atoms with Gasteiger partial charge in [0, 0.05) is 22.8 Å². The minimum absolute atomic E-state index is 0.217. The number of aliphatic hydroxyl groups is 1. The van der Waals surface area contributed by atoms with Crippen molar-refractivity contribution in [3.8, 4) is 0 Å². The van der Waals surface area contributed by atoms with Crippen molar-refractivity contribution in [1.82, 2.24) is 14.7 Å². The molecule has 4 rings (SSSR count). The molecule has 2 amide bonds. The summed E-state index contributed by atoms with van der Waals surface area (Å²) in [5, 5.41) is 17.9. The molecule has 3 heterocycles. The number of likely N-dealkylation sites (tertiary alicyclic amines) is 1. The molecule has 0 bridgehead atoms. The molecule has 24 heavy (non-hydrogen) atoms. The van der Waals surface area contributed by atoms with Crippen molar-refractivity contribution in [2.45, 2.75) is 31.4 Å². The largest absolute Gasteiger partial charge is 0.381 e. The van der Waals surface area contributed by atoms with E-state index in [1.807, 2.05) is 35.0 Å². The maximum Gasteiger partial charge on any atom is 0.323 e. The Labute approximate surface area is 148 Å². The molecule has 6 nitrogen and oxygen atoms in total. The van der Waals surface area contributed by atoms with Gasteiger partial charge in [-0.2, -0.15) is 5.10 Å². The predicted octanol–water partition coefficient (Wildman–Crippen LogP) is 2.72. The van der Waals surface area contributed by atoms with E-state index in [0.29, 0.717) is 5.82 Å². The van der Waals surface area contributed by atoms with E-state index >= 15 is 0 Å². The number of hydrogen-bond acceptors (Lipinski definition) is 3. The lowest BCUT2D eigenvalue weighted by Crippen LogP contribution is -2.62. The number of urea groups is 1. The van der Waals surface area contributed by atoms with Gasteiger partial charge < -0.3 is 10.0 Å². The fourth-order valence-electron chi connectivity index (χ4n) is 3.36. The van der Waals surface area contributed by atoms with Gasteiger partial charge in [0.15, 0.2) is 5.82 Å². The number of hydrogen-bond donors (Lipinski definition) is 2. The number of aromatic nitrogens is 2. The van der Waals surface area contributed by atoms with Gasteiger partial charge in [0.2, 0.25) is 0 Å². The molecule has 0 saturated carbocycles. The molecular weight excluding hydrogens is 372 g/mol. The van der Waals surface area contributed by atoms with Crippen molar-refractivity contribution < 1.29 is 9.90 Å². The summed E-state index contributed by atoms with van der Waals surface area (Å²) in [6, 6.07) is 9.29. The molecule has 0 unspecified atom stereocenters. The van der Waals surface area contributed by atoms with Crippen molar-refractivity contribution in [3.05, 3.63) is 46.1 Å². The number of amides is 2. The number of fused-ring (bicyclic) bond motifs is 1. The van der Waals surface area contributed by atoms with E-state index in [9.17, 15) is 9.90 Å². The van der Waals surface area contributed by atoms with Crippen LogP contribution in [0.1, 0.15) is 24.1 Å². The van der Waals surface area contributed by atoms with Crippen molar-refractivity contribution in [3.63, 3.8) is 0 Å². The Kier molecular flexibility index (Phi) is 3.85. The highest BCUT2D eigenvalue weighted by Gasteiger charge is 2.45. The predicted molar refractivity (Wildman–Crippen MR) is 93.8 cm³/mol. The fourth-order valence-corrected chi connectivity index (χ4v) is 3.76. The van der Waals surface area contributed by atoms with Crippen LogP contribution in [0.2, 0.25) is 0 Å². The normalized spacial score (nSPS) is 18.7. The highest BCUT2D eigenvalue weighted by Crippen LogP contribution is 2.33. The SMILES string of the molecule is O=C(Nc1cc2n(n1)CCCC2)N1CC(O)(c2cccc(Br)c2)C1. The molecule has 1 fully saturated rings. The van der Waals surface area contributed by atoms with Crippen LogP contribution in [0.3, 0.4) is 0 Å². The van der Waals surface area contributed by atoms with Crippen LogP contribution >= 0.6 is 15.9 Å². The first-order valence-corrected chi connectivity index (χ1v) is 8.94. The lowest BCUT2D eigenvalue weighted by molar-refractivity contribution is -0.0793. The highest BCUT2D eigenvalue weighted by atomic mass is 79.9. The number of halogens is 1. The van der Waals surface area contributed by atoms with Gasteiger partial charge >= 0.3 is 6.03 Å². The third-order valence-corrected chi connectivity index (χ3v) is 5.20. The summed E-state index contributed by atoms with van der Waals surface area (Å²) in [5.41, 5.74) is 1.01. The van der Waals surface area contributed by atoms with E-state index in [-0.39, 0.29) is 19.1 Å². The summed E-state index contributed by atoms with van der Waals surface area (Å²) < 4.78 is 2.88. The molecule has 2 aromatic rings. The second-order valence-corrected chi connectivity index (χ2v) is 7.44. The Morgan fingerprint density at radius 1 is 1.29 bits per heavy atom. The van der Waals surface area contributed by atoms with E-state index in [1.54, 1.807) is 4.90 Å². The molecule has 0 aliphatic carbocycles. The van der Waals surface area contributed by atoms with E-state index in [4.69, 9.17) is 0 Å². The third kappa shape index (κ3) is 2.82. The lowest BCUT2D eigenvalue weighted by atomic mass is 9.86. The second kappa shape index (κ2) is 5.89. The van der Waals surface area contributed by atoms with Crippen LogP contribution in [-0.4, -0.2) is 38.9 Å². The molecule has 0 spiro atoms. The average Bonchev–Trinajstić information content (AvgIpc) is 2.93. The van der Waals surface area contributed by atoms with Gasteiger partial charge in [-0.3, -0.25) is 10.00 Å². The molecule has 126 valence electrons. The smallest absolute Gasteiger partial charge is 0.323 e. The maximum absolute atomic E-state index is 12.3. The summed E-state index contributed by atoms with van der Waals surface area (Å²) >= 11 is 3.41. The first kappa shape index (κ1) is 15.7. The van der Waals surface area contributed by atoms with Crippen LogP contribution in [0.4, 0.5) is 10.6 Å². The number of anilines is 1. The van der Waals surface area contributed by atoms with Gasteiger partial charge in [-0.1, -0.05) is 28.1 Å². The van der Waals surface area contributed by atoms with Gasteiger partial charge in [0.05, 0.1) is 13.1 Å². The number of carbonyl (C=O) groups excluding carboxylic acids is 1. The van der Waals surface area contributed by atoms with Gasteiger partial charge in [-0.05, 0) is 37.0 Å². The standard InChI is InChI=1S/C17H19BrN4O2/c18-13-5-3-4-12(8-13)17(24)10-21(11-17)16(23)19-15-9-14-6-1-2-7-22(14)20-15/h3-5,8-9,24H,1-2,6-7,10-11H2,(H,19,20,23). The van der Waals surface area contributed by atoms with Crippen molar-refractivity contribution in [2.24, 2.45) is 0 Å². The molecule has 7 heteroatoms. The Morgan fingerprint density at radius 2 is 2.12 bits per heavy atom. The van der Waals surface area contributed by atoms with Crippen molar-refractivity contribution >= 4 is 27.8 Å². The molecule has 1 aromatic heterocycles. The third-order valence-electron chi connectivity index (χ3n) is 4.71. The zero-order chi connectivity index (χ0) is 16.7. The molecule has 2 aliphatic rings. The number of rotatable bonds is 2. The molecule has 2 aliphatic heterocycles. The van der Waals surface area contributed by atoms with E-state index in [1.165, 1.54) is 12.1 Å². The van der Waals surface area contributed by atoms with Crippen LogP contribution in [0.25, 0.3) is 0 Å². The minimum Gasteiger partial charge on any atom is -0.381 e. The minimum atomic E-state index is -0.978. The van der Waals surface area contributed by atoms with Crippen molar-refractivity contribution in [1.29, 1.82) is 0 Å². The Balaban J connectivity index is 1.39. The van der Waals surface area contributed by atoms with Crippen LogP contribution in [-0.2, 0) is 18.6 Å². The average molecular weight is 391 g/mol. The fraction of sp³-hybridized carbons (Fsp3) is 0.412. The highest BCUT2D eigenvalue weighted by molar-refractivity contribution is 9.10. The van der Waals surface area contributed by atoms with Gasteiger partial charge in [0.1, 0.15) is 5.60 Å². The Bertz CT molecular complexity index is 759. The first-order valence-electron chi connectivity index (χ1n) is 8.15. The molecular formula is C17H19BrN4O2. The lowest BCUT2D eigenvalue weighted by Gasteiger charge is -2.46. The summed E-state index contributed by atoms with van der Waals surface area (Å²) in [7, 11) is 0. The summed E-state index contributed by atoms with van der Waals surface area (Å²) in [6.45, 7) is 1.48. The van der Waals surface area contributed by atoms with Gasteiger partial charge in [-0.25, -0.2) is 4.79 Å². The van der Waals surface area contributed by atoms with Crippen molar-refractivity contribution in [2.75, 3.05) is 18.4 Å². The maximum atomic E-state index is 12.3. The number of aryl methyl sites for hydroxylation is 2. The molecule has 0 radical (unpaired) electrons. The number of benzene rings is 1. The Hall–Kier alpha value is -1.86. The number of carbonyl (C=O) groups is 1. The summed E-state index contributed by atoms with van der Waals surface area (Å²) in [4.78, 5) is 13.9. The zero-order valence-corrected chi connectivity index (χ0v) is 14.8. The summed E-state index contributed by atoms with van der Waals surface area (Å²) in [6.07, 6.45) is 3.31.